The van der Waals surface area contributed by atoms with Gasteiger partial charge in [0.15, 0.2) is 0 Å². The average Bonchev–Trinajstić information content (AvgIpc) is 2.69. The van der Waals surface area contributed by atoms with Crippen LogP contribution in [0.25, 0.3) is 0 Å². The summed E-state index contributed by atoms with van der Waals surface area (Å²) in [6.07, 6.45) is 6.19. The van der Waals surface area contributed by atoms with E-state index in [2.05, 4.69) is 16.0 Å². The van der Waals surface area contributed by atoms with Crippen molar-refractivity contribution in [2.45, 2.75) is 70.0 Å². The summed E-state index contributed by atoms with van der Waals surface area (Å²) in [5.41, 5.74) is 1.03. The van der Waals surface area contributed by atoms with E-state index in [-0.39, 0.29) is 36.3 Å². The lowest BCUT2D eigenvalue weighted by Crippen LogP contribution is -2.65. The average molecular weight is 387 g/mol. The molecule has 3 rings (SSSR count). The first-order chi connectivity index (χ1) is 13.6. The Morgan fingerprint density at radius 3 is 2.57 bits per heavy atom. The second-order valence-corrected chi connectivity index (χ2v) is 7.54. The lowest BCUT2D eigenvalue weighted by molar-refractivity contribution is -0.129. The van der Waals surface area contributed by atoms with Crippen molar-refractivity contribution >= 4 is 23.5 Å². The van der Waals surface area contributed by atoms with Crippen molar-refractivity contribution < 1.29 is 19.1 Å². The van der Waals surface area contributed by atoms with Gasteiger partial charge >= 0.3 is 5.97 Å². The predicted molar refractivity (Wildman–Crippen MR) is 106 cm³/mol. The van der Waals surface area contributed by atoms with E-state index >= 15 is 0 Å². The van der Waals surface area contributed by atoms with Crippen molar-refractivity contribution in [1.82, 2.24) is 10.6 Å². The number of amides is 2. The first-order valence-electron chi connectivity index (χ1n) is 10.2. The van der Waals surface area contributed by atoms with Gasteiger partial charge in [-0.15, -0.1) is 0 Å². The second kappa shape index (κ2) is 9.68. The molecular weight excluding hydrogens is 358 g/mol. The highest BCUT2D eigenvalue weighted by atomic mass is 16.5. The van der Waals surface area contributed by atoms with Gasteiger partial charge in [0.1, 0.15) is 0 Å². The molecule has 1 aliphatic carbocycles. The number of rotatable bonds is 7. The first kappa shape index (κ1) is 20.3. The number of benzene rings is 1. The Morgan fingerprint density at radius 2 is 1.86 bits per heavy atom. The second-order valence-electron chi connectivity index (χ2n) is 7.54. The van der Waals surface area contributed by atoms with Crippen LogP contribution >= 0.6 is 0 Å². The molecule has 2 aliphatic rings. The Bertz CT molecular complexity index is 704. The maximum Gasteiger partial charge on any atom is 0.338 e. The van der Waals surface area contributed by atoms with E-state index in [1.807, 2.05) is 6.92 Å². The van der Waals surface area contributed by atoms with Crippen molar-refractivity contribution in [2.24, 2.45) is 0 Å². The third-order valence-corrected chi connectivity index (χ3v) is 5.35. The monoisotopic (exact) mass is 387 g/mol. The van der Waals surface area contributed by atoms with Crippen LogP contribution in [0.15, 0.2) is 24.3 Å². The quantitative estimate of drug-likeness (QED) is 0.493. The van der Waals surface area contributed by atoms with Crippen LogP contribution in [-0.4, -0.2) is 42.5 Å². The zero-order valence-electron chi connectivity index (χ0n) is 16.3. The third kappa shape index (κ3) is 5.32. The van der Waals surface area contributed by atoms with Crippen LogP contribution in [0.4, 0.5) is 5.69 Å². The molecule has 2 amide bonds. The van der Waals surface area contributed by atoms with Gasteiger partial charge in [0.2, 0.25) is 11.8 Å². The molecule has 7 nitrogen and oxygen atoms in total. The van der Waals surface area contributed by atoms with Crippen LogP contribution in [-0.2, 0) is 14.3 Å². The Balaban J connectivity index is 1.49. The molecule has 1 aliphatic heterocycles. The van der Waals surface area contributed by atoms with Crippen LogP contribution in [0.5, 0.6) is 0 Å². The summed E-state index contributed by atoms with van der Waals surface area (Å²) in [6.45, 7) is 2.44. The minimum atomic E-state index is -0.507. The van der Waals surface area contributed by atoms with E-state index in [0.717, 1.165) is 38.5 Å². The van der Waals surface area contributed by atoms with E-state index in [0.29, 0.717) is 17.9 Å². The van der Waals surface area contributed by atoms with Crippen LogP contribution < -0.4 is 16.0 Å². The molecule has 1 aromatic carbocycles. The molecule has 2 fully saturated rings. The summed E-state index contributed by atoms with van der Waals surface area (Å²) < 4.78 is 5.17. The van der Waals surface area contributed by atoms with E-state index in [4.69, 9.17) is 4.74 Å². The smallest absolute Gasteiger partial charge is 0.338 e. The molecule has 28 heavy (non-hydrogen) atoms. The predicted octanol–water partition coefficient (Wildman–Crippen LogP) is 2.37. The molecule has 1 heterocycles. The molecular formula is C21H29N3O4. The minimum Gasteiger partial charge on any atom is -0.462 e. The lowest BCUT2D eigenvalue weighted by atomic mass is 9.87. The van der Waals surface area contributed by atoms with Gasteiger partial charge in [0, 0.05) is 17.8 Å². The van der Waals surface area contributed by atoms with Gasteiger partial charge in [-0.05, 0) is 43.5 Å². The van der Waals surface area contributed by atoms with E-state index in [9.17, 15) is 14.4 Å². The number of anilines is 1. The number of esters is 1. The highest BCUT2D eigenvalue weighted by molar-refractivity contribution is 5.96. The number of carbonyl (C=O) groups excluding carboxylic acids is 3. The van der Waals surface area contributed by atoms with Gasteiger partial charge < -0.3 is 20.7 Å². The summed E-state index contributed by atoms with van der Waals surface area (Å²) in [5.74, 6) is -0.708. The summed E-state index contributed by atoms with van der Waals surface area (Å²) >= 11 is 0. The highest BCUT2D eigenvalue weighted by Crippen LogP contribution is 2.22. The van der Waals surface area contributed by atoms with Crippen molar-refractivity contribution in [3.63, 3.8) is 0 Å². The standard InChI is InChI=1S/C21H29N3O4/c1-2-3-12-28-21(27)14-8-10-15(11-9-14)22-19(25)13-18-20(26)24-17-7-5-4-6-16(17)23-18/h8-11,16-18,23H,2-7,12-13H2,1H3,(H,22,25)(H,24,26)/t16-,17-,18+/m0/s1. The maximum absolute atomic E-state index is 12.4. The maximum atomic E-state index is 12.4. The molecule has 0 spiro atoms. The van der Waals surface area contributed by atoms with Crippen LogP contribution in [0, 0.1) is 0 Å². The van der Waals surface area contributed by atoms with Gasteiger partial charge in [-0.3, -0.25) is 9.59 Å². The number of piperazine rings is 1. The Labute approximate surface area is 165 Å². The van der Waals surface area contributed by atoms with Crippen molar-refractivity contribution in [3.05, 3.63) is 29.8 Å². The largest absolute Gasteiger partial charge is 0.462 e. The molecule has 3 N–H and O–H groups in total. The van der Waals surface area contributed by atoms with Gasteiger partial charge in [-0.25, -0.2) is 4.79 Å². The molecule has 0 aromatic heterocycles. The Kier molecular flexibility index (Phi) is 7.03. The first-order valence-corrected chi connectivity index (χ1v) is 10.2. The Hall–Kier alpha value is -2.41. The molecule has 7 heteroatoms. The van der Waals surface area contributed by atoms with E-state index in [1.54, 1.807) is 24.3 Å². The molecule has 0 unspecified atom stereocenters. The summed E-state index contributed by atoms with van der Waals surface area (Å²) in [7, 11) is 0. The molecule has 3 atom stereocenters. The van der Waals surface area contributed by atoms with E-state index < -0.39 is 6.04 Å². The van der Waals surface area contributed by atoms with Crippen molar-refractivity contribution in [2.75, 3.05) is 11.9 Å². The fourth-order valence-electron chi connectivity index (χ4n) is 3.75. The normalized spacial score (nSPS) is 24.0. The number of carbonyl (C=O) groups is 3. The van der Waals surface area contributed by atoms with Crippen LogP contribution in [0.1, 0.15) is 62.2 Å². The van der Waals surface area contributed by atoms with Crippen LogP contribution in [0.3, 0.4) is 0 Å². The van der Waals surface area contributed by atoms with Gasteiger partial charge in [0.05, 0.1) is 24.6 Å². The van der Waals surface area contributed by atoms with Gasteiger partial charge in [-0.1, -0.05) is 26.2 Å². The van der Waals surface area contributed by atoms with Crippen molar-refractivity contribution in [3.8, 4) is 0 Å². The number of hydrogen-bond donors (Lipinski definition) is 3. The molecule has 1 saturated heterocycles. The summed E-state index contributed by atoms with van der Waals surface area (Å²) in [6, 6.07) is 6.52. The van der Waals surface area contributed by atoms with Gasteiger partial charge in [-0.2, -0.15) is 0 Å². The number of nitrogens with one attached hydrogen (secondary N) is 3. The third-order valence-electron chi connectivity index (χ3n) is 5.35. The SMILES string of the molecule is CCCCOC(=O)c1ccc(NC(=O)C[C@H]2N[C@H]3CCCC[C@@H]3NC2=O)cc1. The number of ether oxygens (including phenoxy) is 1. The molecule has 1 aromatic rings. The highest BCUT2D eigenvalue weighted by Gasteiger charge is 2.36. The lowest BCUT2D eigenvalue weighted by Gasteiger charge is -2.40. The number of unbranched alkanes of at least 4 members (excludes halogenated alkanes) is 1. The number of hydrogen-bond acceptors (Lipinski definition) is 5. The summed E-state index contributed by atoms with van der Waals surface area (Å²) in [5, 5.41) is 9.17. The Morgan fingerprint density at radius 1 is 1.14 bits per heavy atom. The topological polar surface area (TPSA) is 96.5 Å². The zero-order valence-corrected chi connectivity index (χ0v) is 16.3. The fraction of sp³-hybridized carbons (Fsp3) is 0.571. The zero-order chi connectivity index (χ0) is 19.9. The van der Waals surface area contributed by atoms with E-state index in [1.165, 1.54) is 0 Å². The van der Waals surface area contributed by atoms with Crippen molar-refractivity contribution in [1.29, 1.82) is 0 Å². The number of fused-ring (bicyclic) bond motifs is 1. The molecule has 0 radical (unpaired) electrons. The van der Waals surface area contributed by atoms with Gasteiger partial charge in [0.25, 0.3) is 0 Å². The molecule has 152 valence electrons. The van der Waals surface area contributed by atoms with Crippen LogP contribution in [0.2, 0.25) is 0 Å². The minimum absolute atomic E-state index is 0.0792. The summed E-state index contributed by atoms with van der Waals surface area (Å²) in [4.78, 5) is 36.5. The molecule has 0 bridgehead atoms. The molecule has 1 saturated carbocycles. The fourth-order valence-corrected chi connectivity index (χ4v) is 3.75.